The number of esters is 1. The summed E-state index contributed by atoms with van der Waals surface area (Å²) in [6.45, 7) is 4.15. The number of urea groups is 1. The van der Waals surface area contributed by atoms with Crippen molar-refractivity contribution in [3.8, 4) is 0 Å². The number of amides is 2. The highest BCUT2D eigenvalue weighted by Gasteiger charge is 2.48. The number of rotatable bonds is 8. The molecule has 43 heavy (non-hydrogen) atoms. The van der Waals surface area contributed by atoms with Crippen LogP contribution in [0.4, 0.5) is 9.18 Å². The summed E-state index contributed by atoms with van der Waals surface area (Å²) in [4.78, 5) is 53.5. The van der Waals surface area contributed by atoms with E-state index in [4.69, 9.17) is 21.3 Å². The molecule has 0 spiro atoms. The normalized spacial score (nSPS) is 25.9. The maximum atomic E-state index is 14.6. The minimum absolute atomic E-state index is 0.107. The molecular formula is C29H32ClFN6O5S. The van der Waals surface area contributed by atoms with Crippen molar-refractivity contribution in [1.82, 2.24) is 25.0 Å². The van der Waals surface area contributed by atoms with E-state index in [0.717, 1.165) is 6.42 Å². The van der Waals surface area contributed by atoms with E-state index in [1.165, 1.54) is 23.5 Å². The van der Waals surface area contributed by atoms with E-state index in [0.29, 0.717) is 67.7 Å². The highest BCUT2D eigenvalue weighted by Crippen LogP contribution is 2.38. The Balaban J connectivity index is 1.30. The van der Waals surface area contributed by atoms with Gasteiger partial charge in [-0.25, -0.2) is 19.0 Å². The summed E-state index contributed by atoms with van der Waals surface area (Å²) in [7, 11) is 0. The van der Waals surface area contributed by atoms with Crippen LogP contribution in [0.3, 0.4) is 0 Å². The van der Waals surface area contributed by atoms with Crippen LogP contribution in [0.15, 0.2) is 46.0 Å². The molecule has 228 valence electrons. The molecular weight excluding hydrogens is 599 g/mol. The monoisotopic (exact) mass is 630 g/mol. The van der Waals surface area contributed by atoms with Gasteiger partial charge in [0.15, 0.2) is 10.8 Å². The van der Waals surface area contributed by atoms with Gasteiger partial charge in [0, 0.05) is 61.6 Å². The number of carbonyl (C=O) groups is 3. The summed E-state index contributed by atoms with van der Waals surface area (Å²) >= 11 is 7.79. The largest absolute Gasteiger partial charge is 0.481 e. The minimum Gasteiger partial charge on any atom is -0.481 e. The summed E-state index contributed by atoms with van der Waals surface area (Å²) < 4.78 is 20.1. The fourth-order valence-electron chi connectivity index (χ4n) is 6.62. The number of aliphatic imine (C=N–C) groups is 1. The second kappa shape index (κ2) is 12.2. The molecule has 3 fully saturated rings. The van der Waals surface area contributed by atoms with Gasteiger partial charge in [0.05, 0.1) is 29.2 Å². The number of nitrogens with zero attached hydrogens (tertiary/aromatic N) is 5. The molecule has 11 nitrogen and oxygen atoms in total. The number of aliphatic carboxylic acids is 1. The summed E-state index contributed by atoms with van der Waals surface area (Å²) in [5, 5.41) is 15.3. The first kappa shape index (κ1) is 29.5. The number of hydrogen-bond donors (Lipinski definition) is 2. The van der Waals surface area contributed by atoms with Crippen LogP contribution >= 0.6 is 22.9 Å². The summed E-state index contributed by atoms with van der Waals surface area (Å²) in [5.74, 6) is -2.16. The number of carboxylic acids is 1. The van der Waals surface area contributed by atoms with E-state index in [2.05, 4.69) is 15.2 Å². The number of carbonyl (C=O) groups excluding carboxylic acids is 2. The standard InChI is InChI=1S/C29H32ClFN6O5S/c1-2-42-28(40)22-20(33-25(26-32-9-12-43-26)34-24(22)18-6-3-7-19(31)23(18)30)15-35-10-11-36-16(13-35)14-37(29(36)41)21-8-4-5-17(21)27(38)39/h3,6-7,9,12,16-17,21,24H,2,4-5,8,10-11,13-15H2,1H3,(H,33,34)(H,38,39)/t16-,17-,21+,24-/m0/s1. The van der Waals surface area contributed by atoms with E-state index >= 15 is 0 Å². The molecule has 0 bridgehead atoms. The fourth-order valence-corrected chi connectivity index (χ4v) is 7.44. The van der Waals surface area contributed by atoms with Gasteiger partial charge in [-0.15, -0.1) is 11.3 Å². The third kappa shape index (κ3) is 5.61. The predicted molar refractivity (Wildman–Crippen MR) is 157 cm³/mol. The number of aromatic nitrogens is 1. The number of fused-ring (bicyclic) bond motifs is 1. The van der Waals surface area contributed by atoms with Crippen LogP contribution in [0.2, 0.25) is 5.02 Å². The zero-order valence-corrected chi connectivity index (χ0v) is 25.1. The molecule has 1 saturated carbocycles. The van der Waals surface area contributed by atoms with Crippen LogP contribution in [0.25, 0.3) is 0 Å². The maximum Gasteiger partial charge on any atom is 0.338 e. The minimum atomic E-state index is -0.933. The SMILES string of the molecule is CCOC(=O)C1=C(CN2CCN3C(=O)N([C@@H]4CCC[C@@H]4C(=O)O)C[C@@H]3C2)NC(c2nccs2)=N[C@H]1c1cccc(F)c1Cl. The van der Waals surface area contributed by atoms with Crippen molar-refractivity contribution >= 4 is 46.7 Å². The van der Waals surface area contributed by atoms with Crippen LogP contribution < -0.4 is 5.32 Å². The Morgan fingerprint density at radius 1 is 1.23 bits per heavy atom. The molecule has 1 aromatic heterocycles. The highest BCUT2D eigenvalue weighted by molar-refractivity contribution is 7.11. The fraction of sp³-hybridized carbons (Fsp3) is 0.483. The van der Waals surface area contributed by atoms with E-state index in [1.54, 1.807) is 24.1 Å². The summed E-state index contributed by atoms with van der Waals surface area (Å²) in [6.07, 6.45) is 3.71. The predicted octanol–water partition coefficient (Wildman–Crippen LogP) is 3.52. The molecule has 0 radical (unpaired) electrons. The first-order valence-electron chi connectivity index (χ1n) is 14.4. The molecule has 4 atom stereocenters. The van der Waals surface area contributed by atoms with Crippen molar-refractivity contribution in [2.45, 2.75) is 44.3 Å². The van der Waals surface area contributed by atoms with Crippen molar-refractivity contribution in [3.63, 3.8) is 0 Å². The Bertz CT molecular complexity index is 1490. The molecule has 2 saturated heterocycles. The lowest BCUT2D eigenvalue weighted by Crippen LogP contribution is -2.53. The number of amidine groups is 1. The van der Waals surface area contributed by atoms with Gasteiger partial charge in [0.2, 0.25) is 0 Å². The lowest BCUT2D eigenvalue weighted by molar-refractivity contribution is -0.143. The van der Waals surface area contributed by atoms with Crippen molar-refractivity contribution in [2.75, 3.05) is 39.3 Å². The van der Waals surface area contributed by atoms with E-state index in [-0.39, 0.29) is 35.3 Å². The van der Waals surface area contributed by atoms with Gasteiger partial charge < -0.3 is 25.0 Å². The van der Waals surface area contributed by atoms with E-state index in [1.807, 2.05) is 10.3 Å². The Morgan fingerprint density at radius 2 is 2.07 bits per heavy atom. The van der Waals surface area contributed by atoms with Crippen LogP contribution in [-0.4, -0.2) is 100 Å². The Hall–Kier alpha value is -3.55. The van der Waals surface area contributed by atoms with Crippen molar-refractivity contribution in [3.05, 3.63) is 62.5 Å². The Kier molecular flexibility index (Phi) is 8.38. The lowest BCUT2D eigenvalue weighted by atomic mass is 9.95. The molecule has 1 aliphatic carbocycles. The van der Waals surface area contributed by atoms with Gasteiger partial charge in [-0.3, -0.25) is 14.7 Å². The molecule has 14 heteroatoms. The van der Waals surface area contributed by atoms with Gasteiger partial charge in [-0.05, 0) is 25.8 Å². The van der Waals surface area contributed by atoms with Crippen molar-refractivity contribution in [1.29, 1.82) is 0 Å². The molecule has 2 N–H and O–H groups in total. The number of piperazine rings is 1. The van der Waals surface area contributed by atoms with Crippen LogP contribution in [0.1, 0.15) is 42.8 Å². The Morgan fingerprint density at radius 3 is 2.81 bits per heavy atom. The first-order chi connectivity index (χ1) is 20.8. The van der Waals surface area contributed by atoms with Gasteiger partial charge in [0.1, 0.15) is 11.9 Å². The average Bonchev–Trinajstić information content (AvgIpc) is 3.75. The number of ether oxygens (including phenoxy) is 1. The molecule has 2 amide bonds. The third-order valence-electron chi connectivity index (χ3n) is 8.58. The van der Waals surface area contributed by atoms with Gasteiger partial charge in [-0.1, -0.05) is 30.2 Å². The van der Waals surface area contributed by atoms with Crippen molar-refractivity contribution in [2.24, 2.45) is 10.9 Å². The first-order valence-corrected chi connectivity index (χ1v) is 15.6. The third-order valence-corrected chi connectivity index (χ3v) is 9.76. The number of benzene rings is 1. The number of nitrogens with one attached hydrogen (secondary N) is 1. The summed E-state index contributed by atoms with van der Waals surface area (Å²) in [6, 6.07) is 2.97. The van der Waals surface area contributed by atoms with Gasteiger partial charge in [-0.2, -0.15) is 0 Å². The van der Waals surface area contributed by atoms with Crippen molar-refractivity contribution < 1.29 is 28.6 Å². The van der Waals surface area contributed by atoms with E-state index < -0.39 is 29.7 Å². The van der Waals surface area contributed by atoms with Crippen LogP contribution in [-0.2, 0) is 14.3 Å². The van der Waals surface area contributed by atoms with E-state index in [9.17, 15) is 23.9 Å². The number of thiazole rings is 1. The zero-order valence-electron chi connectivity index (χ0n) is 23.5. The molecule has 1 aromatic carbocycles. The zero-order chi connectivity index (χ0) is 30.2. The number of carboxylic acid groups (broad SMARTS) is 1. The number of hydrogen-bond acceptors (Lipinski definition) is 9. The van der Waals surface area contributed by atoms with Gasteiger partial charge >= 0.3 is 18.0 Å². The second-order valence-corrected chi connectivity index (χ2v) is 12.3. The second-order valence-electron chi connectivity index (χ2n) is 11.1. The molecule has 2 aromatic rings. The average molecular weight is 631 g/mol. The highest BCUT2D eigenvalue weighted by atomic mass is 35.5. The van der Waals surface area contributed by atoms with Crippen LogP contribution in [0, 0.1) is 11.7 Å². The summed E-state index contributed by atoms with van der Waals surface area (Å²) in [5.41, 5.74) is 1.11. The molecule has 6 rings (SSSR count). The molecule has 4 aliphatic rings. The lowest BCUT2D eigenvalue weighted by Gasteiger charge is -2.38. The Labute approximate surface area is 257 Å². The quantitative estimate of drug-likeness (QED) is 0.424. The van der Waals surface area contributed by atoms with Crippen LogP contribution in [0.5, 0.6) is 0 Å². The smallest absolute Gasteiger partial charge is 0.338 e. The molecule has 4 heterocycles. The molecule has 3 aliphatic heterocycles. The number of halogens is 2. The molecule has 0 unspecified atom stereocenters. The van der Waals surface area contributed by atoms with Gasteiger partial charge in [0.25, 0.3) is 0 Å². The topological polar surface area (TPSA) is 128 Å². The maximum absolute atomic E-state index is 14.6.